The van der Waals surface area contributed by atoms with Crippen molar-refractivity contribution in [2.75, 3.05) is 39.9 Å². The third kappa shape index (κ3) is 6.09. The summed E-state index contributed by atoms with van der Waals surface area (Å²) >= 11 is 0. The normalized spacial score (nSPS) is 28.0. The lowest BCUT2D eigenvalue weighted by molar-refractivity contribution is -0.137. The number of hydrogen-bond acceptors (Lipinski definition) is 7. The Morgan fingerprint density at radius 2 is 1.88 bits per heavy atom. The molecule has 11 heteroatoms. The molecule has 2 aromatic carbocycles. The van der Waals surface area contributed by atoms with E-state index >= 15 is 0 Å². The number of piperidine rings is 2. The fourth-order valence-corrected chi connectivity index (χ4v) is 6.30. The zero-order valence-electron chi connectivity index (χ0n) is 23.0. The van der Waals surface area contributed by atoms with E-state index in [9.17, 15) is 18.8 Å². The Hall–Kier alpha value is -3.86. The molecular formula is C30H35FN4O6. The van der Waals surface area contributed by atoms with Crippen LogP contribution in [0.4, 0.5) is 4.39 Å². The van der Waals surface area contributed by atoms with E-state index in [1.807, 2.05) is 11.0 Å². The van der Waals surface area contributed by atoms with Gasteiger partial charge in [-0.05, 0) is 66.7 Å². The summed E-state index contributed by atoms with van der Waals surface area (Å²) in [5.74, 6) is 1.07. The maximum Gasteiger partial charge on any atom is 0.258 e. The highest BCUT2D eigenvalue weighted by atomic mass is 19.1. The van der Waals surface area contributed by atoms with Gasteiger partial charge in [-0.15, -0.1) is 0 Å². The summed E-state index contributed by atoms with van der Waals surface area (Å²) in [5.41, 5.74) is 1.41. The van der Waals surface area contributed by atoms with E-state index < -0.39 is 18.0 Å². The van der Waals surface area contributed by atoms with E-state index in [0.29, 0.717) is 54.0 Å². The Morgan fingerprint density at radius 3 is 2.68 bits per heavy atom. The summed E-state index contributed by atoms with van der Waals surface area (Å²) in [6.45, 7) is 2.37. The SMILES string of the molecule is COc1ccc2cc1OCC(=O)N[C@@H]1CN(C(=O)C3[C@H]4CNC[C@@H]34)CC[C@H]1Oc1cc(F)cc(c1)CNC(=O)CC2. The molecule has 0 spiro atoms. The van der Waals surface area contributed by atoms with Gasteiger partial charge in [-0.2, -0.15) is 0 Å². The smallest absolute Gasteiger partial charge is 0.258 e. The number of fused-ring (bicyclic) bond motifs is 6. The second-order valence-corrected chi connectivity index (χ2v) is 11.3. The molecule has 2 saturated heterocycles. The molecule has 1 unspecified atom stereocenters. The van der Waals surface area contributed by atoms with Crippen molar-refractivity contribution in [2.24, 2.45) is 17.8 Å². The summed E-state index contributed by atoms with van der Waals surface area (Å²) in [5, 5.41) is 9.17. The van der Waals surface area contributed by atoms with Crippen LogP contribution in [0.1, 0.15) is 24.0 Å². The number of methoxy groups -OCH3 is 1. The molecule has 1 aliphatic carbocycles. The third-order valence-corrected chi connectivity index (χ3v) is 8.52. The average molecular weight is 567 g/mol. The van der Waals surface area contributed by atoms with Crippen LogP contribution in [0.3, 0.4) is 0 Å². The number of rotatable bonds is 2. The van der Waals surface area contributed by atoms with E-state index in [0.717, 1.165) is 18.7 Å². The number of halogens is 1. The van der Waals surface area contributed by atoms with Gasteiger partial charge in [-0.25, -0.2) is 4.39 Å². The van der Waals surface area contributed by atoms with Gasteiger partial charge in [0.1, 0.15) is 17.7 Å². The molecule has 3 amide bonds. The van der Waals surface area contributed by atoms with Gasteiger partial charge in [0, 0.05) is 44.5 Å². The summed E-state index contributed by atoms with van der Waals surface area (Å²) in [6, 6.07) is 9.16. The highest BCUT2D eigenvalue weighted by Gasteiger charge is 2.58. The standard InChI is InChI=1S/C30H35FN4O6/c1-39-25-4-2-17-3-5-27(36)33-12-18-8-19(31)11-20(9-18)41-24-6-7-35(30(38)29-21-13-32-14-22(21)29)15-23(24)34-28(37)16-40-26(25)10-17/h2,4,8-11,21-24,29,32H,3,5-7,12-16H2,1H3,(H,33,36)(H,34,37)/t21-,22+,23-,24-,29?/m1/s1. The lowest BCUT2D eigenvalue weighted by atomic mass is 10.0. The molecule has 218 valence electrons. The van der Waals surface area contributed by atoms with Crippen molar-refractivity contribution < 1.29 is 33.0 Å². The summed E-state index contributed by atoms with van der Waals surface area (Å²) in [4.78, 5) is 40.8. The van der Waals surface area contributed by atoms with Crippen LogP contribution < -0.4 is 30.2 Å². The predicted octanol–water partition coefficient (Wildman–Crippen LogP) is 1.41. The largest absolute Gasteiger partial charge is 0.493 e. The first-order chi connectivity index (χ1) is 19.9. The van der Waals surface area contributed by atoms with Crippen molar-refractivity contribution in [2.45, 2.75) is 38.0 Å². The molecule has 3 fully saturated rings. The summed E-state index contributed by atoms with van der Waals surface area (Å²) < 4.78 is 32.0. The molecule has 41 heavy (non-hydrogen) atoms. The van der Waals surface area contributed by atoms with E-state index in [4.69, 9.17) is 14.2 Å². The third-order valence-electron chi connectivity index (χ3n) is 8.52. The molecule has 4 bridgehead atoms. The van der Waals surface area contributed by atoms with Crippen molar-refractivity contribution in [1.82, 2.24) is 20.9 Å². The predicted molar refractivity (Wildman–Crippen MR) is 146 cm³/mol. The molecule has 5 atom stereocenters. The summed E-state index contributed by atoms with van der Waals surface area (Å²) in [7, 11) is 1.52. The van der Waals surface area contributed by atoms with Crippen LogP contribution >= 0.6 is 0 Å². The maximum absolute atomic E-state index is 14.5. The molecule has 3 heterocycles. The topological polar surface area (TPSA) is 118 Å². The molecule has 0 radical (unpaired) electrons. The van der Waals surface area contributed by atoms with Crippen LogP contribution in [0.5, 0.6) is 17.2 Å². The van der Waals surface area contributed by atoms with Crippen LogP contribution in [0.2, 0.25) is 0 Å². The second kappa shape index (κ2) is 11.6. The van der Waals surface area contributed by atoms with Gasteiger partial charge in [0.05, 0.1) is 13.2 Å². The quantitative estimate of drug-likeness (QED) is 0.503. The number of hydrogen-bond donors (Lipinski definition) is 3. The van der Waals surface area contributed by atoms with Crippen molar-refractivity contribution in [1.29, 1.82) is 0 Å². The lowest BCUT2D eigenvalue weighted by Gasteiger charge is -2.39. The van der Waals surface area contributed by atoms with E-state index in [-0.39, 0.29) is 49.8 Å². The van der Waals surface area contributed by atoms with Gasteiger partial charge in [0.2, 0.25) is 11.8 Å². The van der Waals surface area contributed by atoms with Gasteiger partial charge in [-0.3, -0.25) is 14.4 Å². The van der Waals surface area contributed by atoms with E-state index in [2.05, 4.69) is 16.0 Å². The number of nitrogens with one attached hydrogen (secondary N) is 3. The highest BCUT2D eigenvalue weighted by Crippen LogP contribution is 2.49. The lowest BCUT2D eigenvalue weighted by Crippen LogP contribution is -2.59. The molecule has 10 nitrogen and oxygen atoms in total. The zero-order valence-corrected chi connectivity index (χ0v) is 23.0. The van der Waals surface area contributed by atoms with E-state index in [1.54, 1.807) is 18.2 Å². The zero-order chi connectivity index (χ0) is 28.5. The number of carbonyl (C=O) groups excluding carboxylic acids is 3. The number of benzene rings is 2. The maximum atomic E-state index is 14.5. The molecule has 6 rings (SSSR count). The first-order valence-electron chi connectivity index (χ1n) is 14.2. The van der Waals surface area contributed by atoms with Crippen molar-refractivity contribution in [3.05, 3.63) is 53.3 Å². The van der Waals surface area contributed by atoms with Crippen molar-refractivity contribution >= 4 is 17.7 Å². The van der Waals surface area contributed by atoms with Crippen LogP contribution in [0, 0.1) is 23.6 Å². The average Bonchev–Trinajstić information content (AvgIpc) is 3.43. The number of nitrogens with zero attached hydrogens (tertiary/aromatic N) is 1. The Bertz CT molecular complexity index is 1330. The summed E-state index contributed by atoms with van der Waals surface area (Å²) in [6.07, 6.45) is 0.644. The van der Waals surface area contributed by atoms with Crippen LogP contribution in [0.15, 0.2) is 36.4 Å². The fraction of sp³-hybridized carbons (Fsp3) is 0.500. The molecule has 3 N–H and O–H groups in total. The number of amides is 3. The molecule has 1 saturated carbocycles. The van der Waals surface area contributed by atoms with Gasteiger partial charge < -0.3 is 35.1 Å². The van der Waals surface area contributed by atoms with Gasteiger partial charge >= 0.3 is 0 Å². The van der Waals surface area contributed by atoms with Crippen molar-refractivity contribution in [3.8, 4) is 17.2 Å². The Balaban J connectivity index is 1.24. The second-order valence-electron chi connectivity index (χ2n) is 11.3. The van der Waals surface area contributed by atoms with E-state index in [1.165, 1.54) is 19.2 Å². The minimum absolute atomic E-state index is 0.0349. The Morgan fingerprint density at radius 1 is 1.05 bits per heavy atom. The van der Waals surface area contributed by atoms with Crippen LogP contribution in [-0.2, 0) is 27.3 Å². The number of likely N-dealkylation sites (tertiary alicyclic amines) is 1. The first kappa shape index (κ1) is 27.3. The minimum atomic E-state index is -0.529. The molecule has 0 aromatic heterocycles. The first-order valence-corrected chi connectivity index (χ1v) is 14.2. The fourth-order valence-electron chi connectivity index (χ4n) is 6.30. The molecule has 4 aliphatic rings. The number of carbonyl (C=O) groups is 3. The minimum Gasteiger partial charge on any atom is -0.493 e. The Labute approximate surface area is 237 Å². The van der Waals surface area contributed by atoms with Crippen LogP contribution in [0.25, 0.3) is 0 Å². The highest BCUT2D eigenvalue weighted by molar-refractivity contribution is 5.83. The molecule has 2 aromatic rings. The Kier molecular flexibility index (Phi) is 7.70. The van der Waals surface area contributed by atoms with Crippen molar-refractivity contribution in [3.63, 3.8) is 0 Å². The number of aryl methyl sites for hydroxylation is 1. The molecule has 3 aliphatic heterocycles. The van der Waals surface area contributed by atoms with Gasteiger partial charge in [-0.1, -0.05) is 6.07 Å². The number of ether oxygens (including phenoxy) is 3. The monoisotopic (exact) mass is 566 g/mol. The van der Waals surface area contributed by atoms with Gasteiger partial charge in [0.25, 0.3) is 5.91 Å². The van der Waals surface area contributed by atoms with Gasteiger partial charge in [0.15, 0.2) is 18.1 Å². The molecular weight excluding hydrogens is 531 g/mol. The van der Waals surface area contributed by atoms with Crippen LogP contribution in [-0.4, -0.2) is 74.7 Å².